The largest absolute Gasteiger partial charge is 0.496 e. The second-order valence-corrected chi connectivity index (χ2v) is 23.0. The molecule has 20 heteroatoms. The lowest BCUT2D eigenvalue weighted by Crippen LogP contribution is -2.81. The molecule has 6 aliphatic rings. The van der Waals surface area contributed by atoms with Gasteiger partial charge in [0.05, 0.1) is 51.1 Å². The van der Waals surface area contributed by atoms with Gasteiger partial charge >= 0.3 is 24.0 Å². The van der Waals surface area contributed by atoms with Crippen LogP contribution in [0.25, 0.3) is 21.9 Å². The Morgan fingerprint density at radius 3 is 2.27 bits per heavy atom. The van der Waals surface area contributed by atoms with Crippen LogP contribution in [0.3, 0.4) is 0 Å². The number of piperidine rings is 1. The zero-order chi connectivity index (χ0) is 58.3. The van der Waals surface area contributed by atoms with Crippen molar-refractivity contribution in [3.8, 4) is 5.75 Å². The number of nitrogens with zero attached hydrogens (tertiary/aromatic N) is 4. The number of anilines is 2. The van der Waals surface area contributed by atoms with Crippen molar-refractivity contribution in [3.63, 3.8) is 0 Å². The summed E-state index contributed by atoms with van der Waals surface area (Å²) in [7, 11) is 7.40. The molecule has 5 N–H and O–H groups in total. The predicted molar refractivity (Wildman–Crippen MR) is 302 cm³/mol. The van der Waals surface area contributed by atoms with Gasteiger partial charge in [-0.2, -0.15) is 0 Å². The van der Waals surface area contributed by atoms with E-state index >= 15 is 4.79 Å². The van der Waals surface area contributed by atoms with Crippen molar-refractivity contribution >= 4 is 63.4 Å². The van der Waals surface area contributed by atoms with Crippen LogP contribution >= 0.6 is 0 Å². The molecule has 5 aliphatic heterocycles. The summed E-state index contributed by atoms with van der Waals surface area (Å²) in [6, 6.07) is 21.2. The third-order valence-electron chi connectivity index (χ3n) is 18.9. The zero-order valence-electron chi connectivity index (χ0n) is 47.4. The number of fused-ring (bicyclic) bond motifs is 7. The van der Waals surface area contributed by atoms with E-state index in [4.69, 9.17) is 18.9 Å². The summed E-state index contributed by atoms with van der Waals surface area (Å²) in [4.78, 5) is 83.8. The molecule has 1 unspecified atom stereocenters. The topological polar surface area (TPSA) is 238 Å². The van der Waals surface area contributed by atoms with Crippen LogP contribution in [0.15, 0.2) is 91.0 Å². The number of hydrogen-bond donors (Lipinski definition) is 5. The molecule has 3 fully saturated rings. The Morgan fingerprint density at radius 1 is 0.829 bits per heavy atom. The van der Waals surface area contributed by atoms with E-state index < -0.39 is 69.4 Å². The lowest BCUT2D eigenvalue weighted by Gasteiger charge is -2.63. The predicted octanol–water partition coefficient (Wildman–Crippen LogP) is 7.10. The van der Waals surface area contributed by atoms with Crippen molar-refractivity contribution in [1.82, 2.24) is 24.8 Å². The van der Waals surface area contributed by atoms with Crippen molar-refractivity contribution in [2.45, 2.75) is 99.5 Å². The van der Waals surface area contributed by atoms with Gasteiger partial charge in [-0.25, -0.2) is 19.0 Å². The lowest BCUT2D eigenvalue weighted by molar-refractivity contribution is -0.228. The first-order valence-electron chi connectivity index (χ1n) is 27.9. The number of carbonyl (C=O) groups is 5. The van der Waals surface area contributed by atoms with Crippen molar-refractivity contribution in [3.05, 3.63) is 130 Å². The molecule has 19 nitrogen and oxygen atoms in total. The van der Waals surface area contributed by atoms with Crippen molar-refractivity contribution < 1.29 is 62.3 Å². The highest BCUT2D eigenvalue weighted by Crippen LogP contribution is 2.68. The van der Waals surface area contributed by atoms with Crippen LogP contribution in [0.5, 0.6) is 5.75 Å². The van der Waals surface area contributed by atoms with Crippen molar-refractivity contribution in [2.75, 3.05) is 78.4 Å². The normalized spacial score (nSPS) is 29.5. The minimum Gasteiger partial charge on any atom is -0.496 e. The van der Waals surface area contributed by atoms with Gasteiger partial charge in [-0.1, -0.05) is 44.2 Å². The zero-order valence-corrected chi connectivity index (χ0v) is 47.4. The molecule has 432 valence electrons. The van der Waals surface area contributed by atoms with Crippen LogP contribution < -0.4 is 15.0 Å². The molecule has 1 spiro atoms. The standard InChI is InChI=1S/C46H58N4O9.C16H12FN3O3/c1-8-42(54)23-28-24-45(40(52)57-6,36-30(15-19-49(25-28)26-42)29-13-10-11-14-33(29)47-36)32-21-31-34(22-35(32)56-5)48(4)38-44(31)17-20-50-18-12-16-43(9-2,37(44)50)39(59-27(3)51)46(38,55)41(53)58-7;1-23-16(22)20-15-18-12-7-4-10(8-13(12)19-15)14(21)9-2-5-11(17)6-3-9/h10-14,16,21-22,28,37-39,47,54-55H,8-9,15,17-20,23-26H2,1-7H3;2-8H,1H3,(H2,18,19,20,22)/t28-,37-,38+,39+,42-,43+,44+,45-,46-;/m0./s1. The van der Waals surface area contributed by atoms with Crippen LogP contribution in [0.4, 0.5) is 20.8 Å². The summed E-state index contributed by atoms with van der Waals surface area (Å²) in [5, 5.41) is 28.7. The number of ketones is 1. The monoisotopic (exact) mass is 1120 g/mol. The molecule has 10 atom stereocenters. The number of halogens is 1. The summed E-state index contributed by atoms with van der Waals surface area (Å²) in [6.07, 6.45) is 5.30. The van der Waals surface area contributed by atoms with E-state index in [1.54, 1.807) is 25.3 Å². The minimum absolute atomic E-state index is 0.0986. The second kappa shape index (κ2) is 21.0. The Labute approximate surface area is 474 Å². The average molecular weight is 1120 g/mol. The lowest BCUT2D eigenvalue weighted by atomic mass is 9.47. The first kappa shape index (κ1) is 56.2. The molecule has 1 amide bonds. The highest BCUT2D eigenvalue weighted by atomic mass is 19.1. The quantitative estimate of drug-likeness (QED) is 0.0398. The number of likely N-dealkylation sites (N-methyl/N-ethyl adjacent to an activating group) is 1. The van der Waals surface area contributed by atoms with E-state index in [2.05, 4.69) is 59.1 Å². The Morgan fingerprint density at radius 2 is 1.57 bits per heavy atom. The minimum atomic E-state index is -2.30. The van der Waals surface area contributed by atoms with Gasteiger partial charge < -0.3 is 48.8 Å². The van der Waals surface area contributed by atoms with E-state index in [1.807, 2.05) is 50.1 Å². The fourth-order valence-electron chi connectivity index (χ4n) is 15.6. The maximum Gasteiger partial charge on any atom is 0.413 e. The third kappa shape index (κ3) is 8.57. The van der Waals surface area contributed by atoms with E-state index in [-0.39, 0.29) is 23.7 Å². The SMILES string of the molecule is CC[C@]1(O)C[C@@H]2CN(CCc3c([nH]c4ccccc34)[C@@](C(=O)OC)(c3cc4c(cc3OC)N(C)[C@H]3[C@@](O)(C(=O)OC)[C@H](OC(C)=O)[C@]5(CC)C=CCN6CC[C@]43[C@@H]65)C2)C1.COC(=O)Nc1nc2ccc(C(=O)c3ccc(F)cc3)cc2[nH]1. The first-order chi connectivity index (χ1) is 39.3. The van der Waals surface area contributed by atoms with Crippen molar-refractivity contribution in [1.29, 1.82) is 0 Å². The molecule has 1 aliphatic carbocycles. The van der Waals surface area contributed by atoms with Crippen LogP contribution in [0.1, 0.15) is 91.2 Å². The molecule has 2 bridgehead atoms. The molecule has 82 heavy (non-hydrogen) atoms. The molecule has 4 aromatic carbocycles. The molecule has 6 aromatic rings. The number of methoxy groups -OCH3 is 4. The number of hydrogen-bond acceptors (Lipinski definition) is 16. The van der Waals surface area contributed by atoms with Gasteiger partial charge in [0.1, 0.15) is 17.0 Å². The summed E-state index contributed by atoms with van der Waals surface area (Å²) in [6.45, 7) is 8.62. The van der Waals surface area contributed by atoms with Gasteiger partial charge in [-0.05, 0) is 117 Å². The van der Waals surface area contributed by atoms with Gasteiger partial charge in [-0.15, -0.1) is 0 Å². The maximum absolute atomic E-state index is 15.3. The summed E-state index contributed by atoms with van der Waals surface area (Å²) >= 11 is 0. The number of rotatable bonds is 10. The number of ether oxygens (including phenoxy) is 5. The molecular weight excluding hydrogens is 1050 g/mol. The fourth-order valence-corrected chi connectivity index (χ4v) is 15.6. The van der Waals surface area contributed by atoms with Crippen LogP contribution in [-0.2, 0) is 50.6 Å². The van der Waals surface area contributed by atoms with Crippen LogP contribution in [-0.4, -0.2) is 162 Å². The molecule has 1 saturated carbocycles. The van der Waals surface area contributed by atoms with Crippen LogP contribution in [0, 0.1) is 17.2 Å². The second-order valence-electron chi connectivity index (χ2n) is 23.0. The van der Waals surface area contributed by atoms with E-state index in [0.29, 0.717) is 105 Å². The number of H-pyrrole nitrogens is 2. The third-order valence-corrected chi connectivity index (χ3v) is 18.9. The highest BCUT2D eigenvalue weighted by molar-refractivity contribution is 6.10. The Kier molecular flexibility index (Phi) is 14.4. The molecule has 2 saturated heterocycles. The molecule has 12 rings (SSSR count). The van der Waals surface area contributed by atoms with Gasteiger partial charge in [0.25, 0.3) is 0 Å². The number of amides is 1. The number of aliphatic hydroxyl groups is 2. The number of nitrogens with one attached hydrogen (secondary N) is 3. The van der Waals surface area contributed by atoms with Crippen molar-refractivity contribution in [2.24, 2.45) is 11.3 Å². The smallest absolute Gasteiger partial charge is 0.413 e. The molecule has 0 radical (unpaired) electrons. The number of carbonyl (C=O) groups excluding carboxylic acids is 5. The average Bonchev–Trinajstić information content (AvgIpc) is 2.55. The highest BCUT2D eigenvalue weighted by Gasteiger charge is 2.80. The van der Waals surface area contributed by atoms with Gasteiger partial charge in [0, 0.05) is 102 Å². The number of aromatic nitrogens is 3. The Hall–Kier alpha value is -7.65. The summed E-state index contributed by atoms with van der Waals surface area (Å²) in [5.74, 6) is -1.97. The number of benzene rings is 4. The Balaban J connectivity index is 0.000000256. The fraction of sp³-hybridized carbons (Fsp3) is 0.452. The number of imidazole rings is 1. The molecule has 2 aromatic heterocycles. The van der Waals surface area contributed by atoms with Gasteiger partial charge in [-0.3, -0.25) is 29.5 Å². The Bertz CT molecular complexity index is 3570. The number of esters is 3. The summed E-state index contributed by atoms with van der Waals surface area (Å²) < 4.78 is 41.3. The maximum atomic E-state index is 15.3. The van der Waals surface area contributed by atoms with Gasteiger partial charge in [0.2, 0.25) is 11.5 Å². The summed E-state index contributed by atoms with van der Waals surface area (Å²) in [5.41, 5.74) is 0.368. The van der Waals surface area contributed by atoms with E-state index in [1.165, 1.54) is 52.5 Å². The van der Waals surface area contributed by atoms with Crippen LogP contribution in [0.2, 0.25) is 0 Å². The molecular formula is C62H70FN7O12. The van der Waals surface area contributed by atoms with E-state index in [0.717, 1.165) is 33.4 Å². The van der Waals surface area contributed by atoms with E-state index in [9.17, 15) is 33.8 Å². The number of para-hydroxylation sites is 1. The first-order valence-corrected chi connectivity index (χ1v) is 27.9. The number of aromatic amines is 2. The van der Waals surface area contributed by atoms with Gasteiger partial charge in [0.15, 0.2) is 11.9 Å². The molecule has 7 heterocycles.